The van der Waals surface area contributed by atoms with E-state index in [1.54, 1.807) is 0 Å². The van der Waals surface area contributed by atoms with Crippen LogP contribution in [0.3, 0.4) is 0 Å². The minimum atomic E-state index is 0.697. The molecule has 0 N–H and O–H groups in total. The molecule has 72 valence electrons. The van der Waals surface area contributed by atoms with Crippen molar-refractivity contribution in [1.82, 2.24) is 15.0 Å². The van der Waals surface area contributed by atoms with E-state index in [0.717, 1.165) is 12.3 Å². The van der Waals surface area contributed by atoms with E-state index in [-0.39, 0.29) is 0 Å². The summed E-state index contributed by atoms with van der Waals surface area (Å²) in [4.78, 5) is 0.697. The largest absolute Gasteiger partial charge is 0.252 e. The molecular formula is C9H14BrN3. The highest BCUT2D eigenvalue weighted by Crippen LogP contribution is 2.38. The average Bonchev–Trinajstić information content (AvgIpc) is 2.88. The number of rotatable bonds is 4. The van der Waals surface area contributed by atoms with Gasteiger partial charge in [-0.15, -0.1) is 5.10 Å². The Bertz CT molecular complexity index is 280. The smallest absolute Gasteiger partial charge is 0.0724 e. The van der Waals surface area contributed by atoms with E-state index < -0.39 is 0 Å². The zero-order valence-electron chi connectivity index (χ0n) is 7.78. The molecule has 3 nitrogen and oxygen atoms in total. The Hall–Kier alpha value is -0.380. The van der Waals surface area contributed by atoms with E-state index >= 15 is 0 Å². The molecule has 1 unspecified atom stereocenters. The molecule has 13 heavy (non-hydrogen) atoms. The Balaban J connectivity index is 1.81. The maximum atomic E-state index is 3.91. The third-order valence-electron chi connectivity index (χ3n) is 2.62. The third-order valence-corrected chi connectivity index (χ3v) is 3.82. The van der Waals surface area contributed by atoms with Gasteiger partial charge in [-0.05, 0) is 31.6 Å². The topological polar surface area (TPSA) is 30.7 Å². The minimum absolute atomic E-state index is 0.697. The highest BCUT2D eigenvalue weighted by molar-refractivity contribution is 9.09. The molecule has 4 heteroatoms. The summed E-state index contributed by atoms with van der Waals surface area (Å²) in [6.07, 6.45) is 6.94. The van der Waals surface area contributed by atoms with Crippen LogP contribution in [0.1, 0.15) is 25.0 Å². The molecule has 0 saturated heterocycles. The maximum absolute atomic E-state index is 3.91. The Morgan fingerprint density at radius 2 is 2.46 bits per heavy atom. The van der Waals surface area contributed by atoms with Crippen LogP contribution in [-0.2, 0) is 13.5 Å². The van der Waals surface area contributed by atoms with E-state index in [9.17, 15) is 0 Å². The first-order chi connectivity index (χ1) is 6.27. The van der Waals surface area contributed by atoms with Crippen molar-refractivity contribution in [3.63, 3.8) is 0 Å². The molecule has 1 fully saturated rings. The summed E-state index contributed by atoms with van der Waals surface area (Å²) in [7, 11) is 1.95. The van der Waals surface area contributed by atoms with Crippen molar-refractivity contribution < 1.29 is 0 Å². The molecule has 1 atom stereocenters. The lowest BCUT2D eigenvalue weighted by atomic mass is 10.1. The Labute approximate surface area is 86.6 Å². The van der Waals surface area contributed by atoms with Gasteiger partial charge in [-0.25, -0.2) is 0 Å². The number of hydrogen-bond donors (Lipinski definition) is 0. The Morgan fingerprint density at radius 1 is 1.69 bits per heavy atom. The van der Waals surface area contributed by atoms with E-state index in [1.807, 2.05) is 17.9 Å². The quantitative estimate of drug-likeness (QED) is 0.757. The zero-order chi connectivity index (χ0) is 9.26. The zero-order valence-corrected chi connectivity index (χ0v) is 9.37. The van der Waals surface area contributed by atoms with Crippen LogP contribution in [-0.4, -0.2) is 19.8 Å². The van der Waals surface area contributed by atoms with Crippen LogP contribution in [0.25, 0.3) is 0 Å². The second-order valence-corrected chi connectivity index (χ2v) is 4.92. The molecule has 0 spiro atoms. The normalized spacial score (nSPS) is 18.9. The number of aromatic nitrogens is 3. The van der Waals surface area contributed by atoms with Gasteiger partial charge in [-0.2, -0.15) is 0 Å². The SMILES string of the molecule is Cn1nncc1CCC(Br)C1CC1. The summed E-state index contributed by atoms with van der Waals surface area (Å²) >= 11 is 3.72. The molecule has 1 heterocycles. The second kappa shape index (κ2) is 3.78. The number of nitrogens with zero attached hydrogens (tertiary/aromatic N) is 3. The molecule has 1 aromatic heterocycles. The van der Waals surface area contributed by atoms with Crippen molar-refractivity contribution in [2.24, 2.45) is 13.0 Å². The van der Waals surface area contributed by atoms with Crippen LogP contribution < -0.4 is 0 Å². The van der Waals surface area contributed by atoms with Crippen molar-refractivity contribution in [2.75, 3.05) is 0 Å². The molecule has 2 rings (SSSR count). The summed E-state index contributed by atoms with van der Waals surface area (Å²) in [6.45, 7) is 0. The van der Waals surface area contributed by atoms with Gasteiger partial charge >= 0.3 is 0 Å². The molecule has 0 aromatic carbocycles. The van der Waals surface area contributed by atoms with Gasteiger partial charge in [0.15, 0.2) is 0 Å². The molecule has 0 amide bonds. The van der Waals surface area contributed by atoms with Gasteiger partial charge in [-0.3, -0.25) is 4.68 Å². The first-order valence-electron chi connectivity index (χ1n) is 4.75. The summed E-state index contributed by atoms with van der Waals surface area (Å²) in [5.41, 5.74) is 1.23. The van der Waals surface area contributed by atoms with Crippen molar-refractivity contribution >= 4 is 15.9 Å². The lowest BCUT2D eigenvalue weighted by Gasteiger charge is -2.06. The van der Waals surface area contributed by atoms with E-state index in [2.05, 4.69) is 26.2 Å². The summed E-state index contributed by atoms with van der Waals surface area (Å²) in [5.74, 6) is 0.932. The average molecular weight is 244 g/mol. The van der Waals surface area contributed by atoms with Gasteiger partial charge in [0.1, 0.15) is 0 Å². The summed E-state index contributed by atoms with van der Waals surface area (Å²) in [5, 5.41) is 7.76. The Kier molecular flexibility index (Phi) is 2.67. The molecule has 0 radical (unpaired) electrons. The van der Waals surface area contributed by atoms with Crippen LogP contribution in [0.4, 0.5) is 0 Å². The fourth-order valence-corrected chi connectivity index (χ4v) is 2.27. The van der Waals surface area contributed by atoms with Crippen LogP contribution >= 0.6 is 15.9 Å². The molecule has 0 bridgehead atoms. The number of aryl methyl sites for hydroxylation is 2. The second-order valence-electron chi connectivity index (χ2n) is 3.74. The Morgan fingerprint density at radius 3 is 3.00 bits per heavy atom. The van der Waals surface area contributed by atoms with Gasteiger partial charge in [0.25, 0.3) is 0 Å². The highest BCUT2D eigenvalue weighted by Gasteiger charge is 2.28. The third kappa shape index (κ3) is 2.30. The van der Waals surface area contributed by atoms with Crippen molar-refractivity contribution in [1.29, 1.82) is 0 Å². The molecule has 0 aliphatic heterocycles. The van der Waals surface area contributed by atoms with Gasteiger partial charge in [0.2, 0.25) is 0 Å². The molecule has 1 aliphatic carbocycles. The molecule has 1 saturated carbocycles. The predicted octanol–water partition coefficient (Wildman–Crippen LogP) is 1.92. The number of alkyl halides is 1. The molecule has 1 aliphatic rings. The minimum Gasteiger partial charge on any atom is -0.252 e. The van der Waals surface area contributed by atoms with Crippen molar-refractivity contribution in [3.05, 3.63) is 11.9 Å². The number of halogens is 1. The van der Waals surface area contributed by atoms with Crippen molar-refractivity contribution in [3.8, 4) is 0 Å². The lowest BCUT2D eigenvalue weighted by Crippen LogP contribution is -2.05. The van der Waals surface area contributed by atoms with Gasteiger partial charge in [0, 0.05) is 11.9 Å². The van der Waals surface area contributed by atoms with Gasteiger partial charge in [0.05, 0.1) is 11.9 Å². The molecular weight excluding hydrogens is 230 g/mol. The van der Waals surface area contributed by atoms with Crippen LogP contribution in [0.2, 0.25) is 0 Å². The first kappa shape index (κ1) is 9.19. The lowest BCUT2D eigenvalue weighted by molar-refractivity contribution is 0.634. The van der Waals surface area contributed by atoms with E-state index in [0.29, 0.717) is 4.83 Å². The standard InChI is InChI=1S/C9H14BrN3/c1-13-8(6-11-12-13)4-5-9(10)7-2-3-7/h6-7,9H,2-5H2,1H3. The summed E-state index contributed by atoms with van der Waals surface area (Å²) < 4.78 is 1.85. The maximum Gasteiger partial charge on any atom is 0.0724 e. The molecule has 1 aromatic rings. The van der Waals surface area contributed by atoms with Gasteiger partial charge < -0.3 is 0 Å². The fraction of sp³-hybridized carbons (Fsp3) is 0.778. The van der Waals surface area contributed by atoms with Crippen LogP contribution in [0.5, 0.6) is 0 Å². The fourth-order valence-electron chi connectivity index (χ4n) is 1.52. The van der Waals surface area contributed by atoms with E-state index in [1.165, 1.54) is 25.0 Å². The van der Waals surface area contributed by atoms with E-state index in [4.69, 9.17) is 0 Å². The van der Waals surface area contributed by atoms with Crippen molar-refractivity contribution in [2.45, 2.75) is 30.5 Å². The monoisotopic (exact) mass is 243 g/mol. The van der Waals surface area contributed by atoms with Gasteiger partial charge in [-0.1, -0.05) is 21.1 Å². The van der Waals surface area contributed by atoms with Crippen LogP contribution in [0, 0.1) is 5.92 Å². The highest BCUT2D eigenvalue weighted by atomic mass is 79.9. The summed E-state index contributed by atoms with van der Waals surface area (Å²) in [6, 6.07) is 0. The van der Waals surface area contributed by atoms with Crippen LogP contribution in [0.15, 0.2) is 6.20 Å². The number of hydrogen-bond acceptors (Lipinski definition) is 2. The first-order valence-corrected chi connectivity index (χ1v) is 5.66. The predicted molar refractivity (Wildman–Crippen MR) is 54.8 cm³/mol.